The van der Waals surface area contributed by atoms with Crippen molar-refractivity contribution in [3.63, 3.8) is 0 Å². The largest absolute Gasteiger partial charge is 0.337 e. The number of carbonyl (C=O) groups is 2. The zero-order valence-corrected chi connectivity index (χ0v) is 13.5. The van der Waals surface area contributed by atoms with E-state index in [1.165, 1.54) is 0 Å². The highest BCUT2D eigenvalue weighted by Gasteiger charge is 2.39. The third-order valence-corrected chi connectivity index (χ3v) is 3.95. The van der Waals surface area contributed by atoms with Gasteiger partial charge in [-0.05, 0) is 45.0 Å². The van der Waals surface area contributed by atoms with Gasteiger partial charge in [0.05, 0.1) is 5.92 Å². The van der Waals surface area contributed by atoms with Crippen LogP contribution in [0.2, 0.25) is 0 Å². The van der Waals surface area contributed by atoms with E-state index >= 15 is 0 Å². The zero-order valence-electron chi connectivity index (χ0n) is 11.9. The van der Waals surface area contributed by atoms with Crippen LogP contribution in [-0.2, 0) is 9.59 Å². The lowest BCUT2D eigenvalue weighted by atomic mass is 10.1. The minimum absolute atomic E-state index is 0.0495. The molecule has 5 heteroatoms. The van der Waals surface area contributed by atoms with Gasteiger partial charge in [-0.25, -0.2) is 0 Å². The van der Waals surface area contributed by atoms with Gasteiger partial charge in [0.15, 0.2) is 0 Å². The van der Waals surface area contributed by atoms with Crippen LogP contribution in [0.25, 0.3) is 0 Å². The number of nitrogens with one attached hydrogen (secondary N) is 1. The molecule has 1 heterocycles. The summed E-state index contributed by atoms with van der Waals surface area (Å²) in [7, 11) is 0. The van der Waals surface area contributed by atoms with Crippen LogP contribution < -0.4 is 5.32 Å². The Kier molecular flexibility index (Phi) is 4.18. The maximum absolute atomic E-state index is 12.2. The predicted molar refractivity (Wildman–Crippen MR) is 82.3 cm³/mol. The molecule has 0 bridgehead atoms. The molecule has 1 fully saturated rings. The van der Waals surface area contributed by atoms with Crippen LogP contribution in [0.3, 0.4) is 0 Å². The zero-order chi connectivity index (χ0) is 14.9. The molecule has 0 aromatic heterocycles. The lowest BCUT2D eigenvalue weighted by molar-refractivity contribution is -0.131. The Morgan fingerprint density at radius 2 is 1.90 bits per heavy atom. The third-order valence-electron chi connectivity index (χ3n) is 3.42. The highest BCUT2D eigenvalue weighted by Crippen LogP contribution is 2.26. The van der Waals surface area contributed by atoms with Gasteiger partial charge < -0.3 is 10.2 Å². The van der Waals surface area contributed by atoms with Gasteiger partial charge in [-0.2, -0.15) is 0 Å². The van der Waals surface area contributed by atoms with E-state index in [1.807, 2.05) is 45.0 Å². The quantitative estimate of drug-likeness (QED) is 0.900. The Morgan fingerprint density at radius 3 is 2.40 bits per heavy atom. The number of halogens is 1. The summed E-state index contributed by atoms with van der Waals surface area (Å²) in [4.78, 5) is 26.0. The number of benzene rings is 1. The molecule has 1 aliphatic heterocycles. The molecule has 2 rings (SSSR count). The van der Waals surface area contributed by atoms with Crippen LogP contribution in [0.15, 0.2) is 28.7 Å². The summed E-state index contributed by atoms with van der Waals surface area (Å²) in [5.41, 5.74) is 0.517. The fraction of sp³-hybridized carbons (Fsp3) is 0.467. The second kappa shape index (κ2) is 5.56. The van der Waals surface area contributed by atoms with E-state index in [0.29, 0.717) is 13.0 Å². The minimum Gasteiger partial charge on any atom is -0.337 e. The van der Waals surface area contributed by atoms with Crippen molar-refractivity contribution in [2.45, 2.75) is 32.7 Å². The molecule has 108 valence electrons. The fourth-order valence-electron chi connectivity index (χ4n) is 2.31. The van der Waals surface area contributed by atoms with E-state index in [0.717, 1.165) is 10.2 Å². The van der Waals surface area contributed by atoms with Gasteiger partial charge in [0.25, 0.3) is 0 Å². The maximum atomic E-state index is 12.2. The summed E-state index contributed by atoms with van der Waals surface area (Å²) >= 11 is 3.35. The molecule has 2 amide bonds. The number of hydrogen-bond acceptors (Lipinski definition) is 2. The van der Waals surface area contributed by atoms with Crippen LogP contribution in [0.1, 0.15) is 27.2 Å². The Bertz CT molecular complexity index is 520. The number of carbonyl (C=O) groups excluding carboxylic acids is 2. The Morgan fingerprint density at radius 1 is 1.30 bits per heavy atom. The minimum atomic E-state index is -0.273. The Labute approximate surface area is 127 Å². The average molecular weight is 339 g/mol. The molecule has 20 heavy (non-hydrogen) atoms. The van der Waals surface area contributed by atoms with Crippen molar-refractivity contribution in [3.8, 4) is 0 Å². The molecule has 1 aromatic carbocycles. The lowest BCUT2D eigenvalue weighted by Crippen LogP contribution is -2.42. The van der Waals surface area contributed by atoms with E-state index in [-0.39, 0.29) is 23.3 Å². The van der Waals surface area contributed by atoms with Gasteiger partial charge in [0.1, 0.15) is 0 Å². The van der Waals surface area contributed by atoms with Gasteiger partial charge in [-0.3, -0.25) is 9.59 Å². The van der Waals surface area contributed by atoms with Crippen molar-refractivity contribution in [3.05, 3.63) is 28.7 Å². The SMILES string of the molecule is CC(C)(C)N1C[C@@H](C(=O)Nc2ccc(Br)cc2)CC1=O. The van der Waals surface area contributed by atoms with Gasteiger partial charge in [-0.15, -0.1) is 0 Å². The molecular weight excluding hydrogens is 320 g/mol. The summed E-state index contributed by atoms with van der Waals surface area (Å²) in [5, 5.41) is 2.86. The van der Waals surface area contributed by atoms with Crippen LogP contribution >= 0.6 is 15.9 Å². The van der Waals surface area contributed by atoms with Gasteiger partial charge in [0, 0.05) is 28.7 Å². The van der Waals surface area contributed by atoms with Crippen LogP contribution in [-0.4, -0.2) is 28.8 Å². The Balaban J connectivity index is 2.01. The van der Waals surface area contributed by atoms with Crippen LogP contribution in [0.5, 0.6) is 0 Å². The first-order valence-corrected chi connectivity index (χ1v) is 7.43. The van der Waals surface area contributed by atoms with E-state index in [1.54, 1.807) is 4.90 Å². The van der Waals surface area contributed by atoms with Crippen LogP contribution in [0.4, 0.5) is 5.69 Å². The summed E-state index contributed by atoms with van der Waals surface area (Å²) in [5.74, 6) is -0.314. The number of nitrogens with zero attached hydrogens (tertiary/aromatic N) is 1. The predicted octanol–water partition coefficient (Wildman–Crippen LogP) is 3.03. The molecule has 1 N–H and O–H groups in total. The van der Waals surface area contributed by atoms with E-state index in [4.69, 9.17) is 0 Å². The van der Waals surface area contributed by atoms with Crippen molar-refractivity contribution in [2.24, 2.45) is 5.92 Å². The van der Waals surface area contributed by atoms with Crippen molar-refractivity contribution in [1.29, 1.82) is 0 Å². The number of rotatable bonds is 2. The van der Waals surface area contributed by atoms with Gasteiger partial charge in [-0.1, -0.05) is 15.9 Å². The summed E-state index contributed by atoms with van der Waals surface area (Å²) in [6.07, 6.45) is 0.291. The highest BCUT2D eigenvalue weighted by molar-refractivity contribution is 9.10. The van der Waals surface area contributed by atoms with E-state index < -0.39 is 0 Å². The standard InChI is InChI=1S/C15H19BrN2O2/c1-15(2,3)18-9-10(8-13(18)19)14(20)17-12-6-4-11(16)5-7-12/h4-7,10H,8-9H2,1-3H3,(H,17,20)/t10-/m0/s1. The highest BCUT2D eigenvalue weighted by atomic mass is 79.9. The molecule has 0 radical (unpaired) electrons. The van der Waals surface area contributed by atoms with E-state index in [2.05, 4.69) is 21.2 Å². The molecule has 1 aliphatic rings. The number of amides is 2. The number of likely N-dealkylation sites (tertiary alicyclic amines) is 1. The molecule has 4 nitrogen and oxygen atoms in total. The number of anilines is 1. The first-order valence-electron chi connectivity index (χ1n) is 6.64. The lowest BCUT2D eigenvalue weighted by Gasteiger charge is -2.31. The van der Waals surface area contributed by atoms with E-state index in [9.17, 15) is 9.59 Å². The molecular formula is C15H19BrN2O2. The first kappa shape index (κ1) is 15.0. The molecule has 0 spiro atoms. The van der Waals surface area contributed by atoms with Crippen LogP contribution in [0, 0.1) is 5.92 Å². The second-order valence-electron chi connectivity index (χ2n) is 6.07. The topological polar surface area (TPSA) is 49.4 Å². The molecule has 0 saturated carbocycles. The first-order chi connectivity index (χ1) is 9.27. The van der Waals surface area contributed by atoms with Crippen molar-refractivity contribution >= 4 is 33.4 Å². The van der Waals surface area contributed by atoms with Gasteiger partial charge >= 0.3 is 0 Å². The Hall–Kier alpha value is -1.36. The summed E-state index contributed by atoms with van der Waals surface area (Å²) in [6.45, 7) is 6.45. The third kappa shape index (κ3) is 3.39. The molecule has 1 atom stereocenters. The van der Waals surface area contributed by atoms with Crippen molar-refractivity contribution < 1.29 is 9.59 Å². The normalized spacial score (nSPS) is 19.3. The summed E-state index contributed by atoms with van der Waals surface area (Å²) in [6, 6.07) is 7.41. The van der Waals surface area contributed by atoms with Crippen molar-refractivity contribution in [1.82, 2.24) is 4.90 Å². The smallest absolute Gasteiger partial charge is 0.229 e. The molecule has 0 unspecified atom stereocenters. The monoisotopic (exact) mass is 338 g/mol. The average Bonchev–Trinajstić information content (AvgIpc) is 2.74. The maximum Gasteiger partial charge on any atom is 0.229 e. The molecule has 1 saturated heterocycles. The fourth-order valence-corrected chi connectivity index (χ4v) is 2.57. The second-order valence-corrected chi connectivity index (χ2v) is 6.99. The molecule has 1 aromatic rings. The molecule has 0 aliphatic carbocycles. The van der Waals surface area contributed by atoms with Crippen molar-refractivity contribution in [2.75, 3.05) is 11.9 Å². The summed E-state index contributed by atoms with van der Waals surface area (Å²) < 4.78 is 0.963. The number of hydrogen-bond donors (Lipinski definition) is 1. The van der Waals surface area contributed by atoms with Gasteiger partial charge in [0.2, 0.25) is 11.8 Å².